The third-order valence-electron chi connectivity index (χ3n) is 3.21. The predicted octanol–water partition coefficient (Wildman–Crippen LogP) is 2.19. The maximum atomic E-state index is 10.3. The first kappa shape index (κ1) is 11.7. The summed E-state index contributed by atoms with van der Waals surface area (Å²) in [7, 11) is 0. The molecule has 0 saturated carbocycles. The molecule has 1 atom stereocenters. The third kappa shape index (κ3) is 3.10. The van der Waals surface area contributed by atoms with Crippen LogP contribution in [0, 0.1) is 0 Å². The lowest BCUT2D eigenvalue weighted by Crippen LogP contribution is -2.34. The highest BCUT2D eigenvalue weighted by atomic mass is 16.3. The Morgan fingerprint density at radius 2 is 2.14 bits per heavy atom. The van der Waals surface area contributed by atoms with Crippen LogP contribution in [0.5, 0.6) is 0 Å². The van der Waals surface area contributed by atoms with Crippen LogP contribution in [-0.2, 0) is 0 Å². The molecule has 0 aromatic rings. The van der Waals surface area contributed by atoms with Crippen LogP contribution in [0.2, 0.25) is 0 Å². The third-order valence-corrected chi connectivity index (χ3v) is 3.21. The van der Waals surface area contributed by atoms with E-state index in [-0.39, 0.29) is 0 Å². The molecule has 82 valence electrons. The lowest BCUT2D eigenvalue weighted by molar-refractivity contribution is 0.0275. The van der Waals surface area contributed by atoms with Crippen LogP contribution in [0.15, 0.2) is 12.7 Å². The average molecular weight is 197 g/mol. The summed E-state index contributed by atoms with van der Waals surface area (Å²) in [6.45, 7) is 10.3. The quantitative estimate of drug-likeness (QED) is 0.701. The number of hydrogen-bond acceptors (Lipinski definition) is 2. The lowest BCUT2D eigenvalue weighted by Gasteiger charge is -2.27. The molecule has 0 bridgehead atoms. The molecule has 1 heterocycles. The van der Waals surface area contributed by atoms with Gasteiger partial charge in [0.2, 0.25) is 0 Å². The molecule has 0 amide bonds. The zero-order valence-corrected chi connectivity index (χ0v) is 9.50. The number of nitrogens with zero attached hydrogens (tertiary/aromatic N) is 1. The van der Waals surface area contributed by atoms with Gasteiger partial charge < -0.3 is 10.0 Å². The van der Waals surface area contributed by atoms with E-state index in [1.54, 1.807) is 0 Å². The molecular formula is C12H23NO. The van der Waals surface area contributed by atoms with Crippen molar-refractivity contribution < 1.29 is 5.11 Å². The average Bonchev–Trinajstić information content (AvgIpc) is 2.28. The molecule has 1 rings (SSSR count). The Morgan fingerprint density at radius 3 is 2.71 bits per heavy atom. The molecule has 1 fully saturated rings. The lowest BCUT2D eigenvalue weighted by atomic mass is 9.91. The molecule has 0 aromatic carbocycles. The Balaban J connectivity index is 2.51. The van der Waals surface area contributed by atoms with Crippen LogP contribution in [0.1, 0.15) is 39.5 Å². The van der Waals surface area contributed by atoms with E-state index in [4.69, 9.17) is 0 Å². The molecule has 1 aliphatic rings. The molecule has 2 nitrogen and oxygen atoms in total. The summed E-state index contributed by atoms with van der Waals surface area (Å²) >= 11 is 0. The summed E-state index contributed by atoms with van der Waals surface area (Å²) in [4.78, 5) is 2.45. The van der Waals surface area contributed by atoms with Crippen molar-refractivity contribution in [2.45, 2.75) is 51.2 Å². The zero-order valence-electron chi connectivity index (χ0n) is 9.50. The van der Waals surface area contributed by atoms with Crippen LogP contribution in [0.25, 0.3) is 0 Å². The molecule has 1 N–H and O–H groups in total. The molecule has 1 unspecified atom stereocenters. The van der Waals surface area contributed by atoms with Crippen molar-refractivity contribution in [1.29, 1.82) is 0 Å². The predicted molar refractivity (Wildman–Crippen MR) is 60.3 cm³/mol. The largest absolute Gasteiger partial charge is 0.390 e. The van der Waals surface area contributed by atoms with Gasteiger partial charge in [0.1, 0.15) is 0 Å². The van der Waals surface area contributed by atoms with E-state index in [1.165, 1.54) is 0 Å². The van der Waals surface area contributed by atoms with Crippen LogP contribution in [0.4, 0.5) is 0 Å². The van der Waals surface area contributed by atoms with Crippen LogP contribution in [-0.4, -0.2) is 34.7 Å². The second kappa shape index (κ2) is 4.94. The highest BCUT2D eigenvalue weighted by Gasteiger charge is 2.29. The molecule has 14 heavy (non-hydrogen) atoms. The summed E-state index contributed by atoms with van der Waals surface area (Å²) in [5.41, 5.74) is -0.481. The van der Waals surface area contributed by atoms with E-state index in [0.717, 1.165) is 38.8 Å². The Labute approximate surface area is 87.6 Å². The minimum Gasteiger partial charge on any atom is -0.390 e. The summed E-state index contributed by atoms with van der Waals surface area (Å²) in [5.74, 6) is 0. The first-order valence-electron chi connectivity index (χ1n) is 5.65. The molecule has 0 spiro atoms. The fraction of sp³-hybridized carbons (Fsp3) is 0.833. The normalized spacial score (nSPS) is 30.3. The van der Waals surface area contributed by atoms with Gasteiger partial charge in [-0.3, -0.25) is 0 Å². The minimum atomic E-state index is -0.481. The summed E-state index contributed by atoms with van der Waals surface area (Å²) in [6, 6.07) is 0.598. The van der Waals surface area contributed by atoms with Gasteiger partial charge in [0.15, 0.2) is 0 Å². The summed E-state index contributed by atoms with van der Waals surface area (Å²) < 4.78 is 0. The van der Waals surface area contributed by atoms with Gasteiger partial charge in [0, 0.05) is 12.6 Å². The number of aliphatic hydroxyl groups is 1. The molecule has 2 heteroatoms. The first-order valence-corrected chi connectivity index (χ1v) is 5.65. The molecule has 1 saturated heterocycles. The minimum absolute atomic E-state index is 0.481. The van der Waals surface area contributed by atoms with Crippen molar-refractivity contribution in [3.8, 4) is 0 Å². The van der Waals surface area contributed by atoms with Crippen molar-refractivity contribution >= 4 is 0 Å². The maximum absolute atomic E-state index is 10.3. The van der Waals surface area contributed by atoms with Crippen molar-refractivity contribution in [3.63, 3.8) is 0 Å². The first-order chi connectivity index (χ1) is 6.57. The fourth-order valence-corrected chi connectivity index (χ4v) is 2.19. The Morgan fingerprint density at radius 1 is 1.43 bits per heavy atom. The molecular weight excluding hydrogens is 174 g/mol. The number of rotatable bonds is 3. The van der Waals surface area contributed by atoms with Crippen LogP contribution in [0.3, 0.4) is 0 Å². The Hall–Kier alpha value is -0.340. The second-order valence-corrected chi connectivity index (χ2v) is 4.70. The van der Waals surface area contributed by atoms with Crippen molar-refractivity contribution in [3.05, 3.63) is 12.7 Å². The van der Waals surface area contributed by atoms with E-state index in [1.807, 2.05) is 6.08 Å². The maximum Gasteiger partial charge on any atom is 0.0694 e. The van der Waals surface area contributed by atoms with E-state index in [9.17, 15) is 5.11 Å². The van der Waals surface area contributed by atoms with Gasteiger partial charge in [-0.1, -0.05) is 6.08 Å². The standard InChI is InChI=1S/C12H23NO/c1-4-6-12(14)7-5-9-13(10-8-12)11(2)3/h4,11,14H,1,5-10H2,2-3H3. The topological polar surface area (TPSA) is 23.5 Å². The van der Waals surface area contributed by atoms with Crippen molar-refractivity contribution in [2.24, 2.45) is 0 Å². The van der Waals surface area contributed by atoms with Crippen LogP contribution >= 0.6 is 0 Å². The van der Waals surface area contributed by atoms with Gasteiger partial charge in [0.25, 0.3) is 0 Å². The highest BCUT2D eigenvalue weighted by Crippen LogP contribution is 2.26. The van der Waals surface area contributed by atoms with Crippen molar-refractivity contribution in [1.82, 2.24) is 4.90 Å². The number of hydrogen-bond donors (Lipinski definition) is 1. The SMILES string of the molecule is C=CCC1(O)CCCN(C(C)C)CC1. The van der Waals surface area contributed by atoms with Gasteiger partial charge in [-0.05, 0) is 46.1 Å². The smallest absolute Gasteiger partial charge is 0.0694 e. The van der Waals surface area contributed by atoms with Crippen molar-refractivity contribution in [2.75, 3.05) is 13.1 Å². The zero-order chi connectivity index (χ0) is 10.6. The van der Waals surface area contributed by atoms with E-state index < -0.39 is 5.60 Å². The second-order valence-electron chi connectivity index (χ2n) is 4.70. The molecule has 0 radical (unpaired) electrons. The van der Waals surface area contributed by atoms with Gasteiger partial charge in [0.05, 0.1) is 5.60 Å². The molecule has 1 aliphatic heterocycles. The van der Waals surface area contributed by atoms with E-state index in [0.29, 0.717) is 6.04 Å². The fourth-order valence-electron chi connectivity index (χ4n) is 2.19. The molecule has 0 aliphatic carbocycles. The summed E-state index contributed by atoms with van der Waals surface area (Å²) in [6.07, 6.45) is 5.48. The summed E-state index contributed by atoms with van der Waals surface area (Å²) in [5, 5.41) is 10.3. The Bertz CT molecular complexity index is 191. The number of likely N-dealkylation sites (tertiary alicyclic amines) is 1. The Kier molecular flexibility index (Phi) is 4.14. The van der Waals surface area contributed by atoms with Gasteiger partial charge >= 0.3 is 0 Å². The highest BCUT2D eigenvalue weighted by molar-refractivity contribution is 4.89. The van der Waals surface area contributed by atoms with E-state index >= 15 is 0 Å². The molecule has 0 aromatic heterocycles. The van der Waals surface area contributed by atoms with Crippen LogP contribution < -0.4 is 0 Å². The van der Waals surface area contributed by atoms with Gasteiger partial charge in [-0.2, -0.15) is 0 Å². The monoisotopic (exact) mass is 197 g/mol. The van der Waals surface area contributed by atoms with E-state index in [2.05, 4.69) is 25.3 Å². The van der Waals surface area contributed by atoms with Gasteiger partial charge in [-0.25, -0.2) is 0 Å². The van der Waals surface area contributed by atoms with Gasteiger partial charge in [-0.15, -0.1) is 6.58 Å².